The maximum absolute atomic E-state index is 14.6. The van der Waals surface area contributed by atoms with Crippen molar-refractivity contribution in [1.29, 1.82) is 0 Å². The van der Waals surface area contributed by atoms with E-state index in [2.05, 4.69) is 17.4 Å². The van der Waals surface area contributed by atoms with Gasteiger partial charge in [0.2, 0.25) is 11.8 Å². The highest BCUT2D eigenvalue weighted by Gasteiger charge is 2.31. The third-order valence-corrected chi connectivity index (χ3v) is 7.17. The number of thioether (sulfide) groups is 1. The smallest absolute Gasteiger partial charge is 0.243 e. The first-order valence-corrected chi connectivity index (χ1v) is 13.6. The lowest BCUT2D eigenvalue weighted by atomic mass is 10.0. The summed E-state index contributed by atoms with van der Waals surface area (Å²) in [6.45, 7) is 3.99. The van der Waals surface area contributed by atoms with Crippen LogP contribution in [0.3, 0.4) is 0 Å². The number of hydrogen-bond donors (Lipinski definition) is 1. The van der Waals surface area contributed by atoms with Crippen LogP contribution in [-0.2, 0) is 28.3 Å². The standard InChI is InChI=1S/C30H35FN2O2S/c1-3-23(2)32-30(35)28(20-24-12-6-4-7-13-24)33(21-26-16-10-11-17-27(26)31)29(34)18-19-36-22-25-14-8-5-9-15-25/h4-17,23,28H,3,18-22H2,1-2H3,(H,32,35). The van der Waals surface area contributed by atoms with E-state index >= 15 is 0 Å². The van der Waals surface area contributed by atoms with Crippen molar-refractivity contribution in [2.24, 2.45) is 0 Å². The summed E-state index contributed by atoms with van der Waals surface area (Å²) in [5.74, 6) is 0.680. The Bertz CT molecular complexity index is 1090. The van der Waals surface area contributed by atoms with Gasteiger partial charge in [-0.25, -0.2) is 4.39 Å². The van der Waals surface area contributed by atoms with Gasteiger partial charge in [-0.3, -0.25) is 9.59 Å². The molecule has 2 atom stereocenters. The minimum atomic E-state index is -0.743. The first kappa shape index (κ1) is 27.5. The van der Waals surface area contributed by atoms with Crippen LogP contribution < -0.4 is 5.32 Å². The zero-order valence-corrected chi connectivity index (χ0v) is 21.8. The summed E-state index contributed by atoms with van der Waals surface area (Å²) in [5.41, 5.74) is 2.55. The van der Waals surface area contributed by atoms with Gasteiger partial charge in [-0.15, -0.1) is 0 Å². The highest BCUT2D eigenvalue weighted by Crippen LogP contribution is 2.20. The monoisotopic (exact) mass is 506 g/mol. The molecule has 0 bridgehead atoms. The van der Waals surface area contributed by atoms with Crippen molar-refractivity contribution in [1.82, 2.24) is 10.2 Å². The minimum absolute atomic E-state index is 0.0254. The van der Waals surface area contributed by atoms with Crippen molar-refractivity contribution in [3.8, 4) is 0 Å². The van der Waals surface area contributed by atoms with Gasteiger partial charge >= 0.3 is 0 Å². The number of rotatable bonds is 13. The first-order chi connectivity index (χ1) is 17.5. The molecule has 4 nitrogen and oxygen atoms in total. The lowest BCUT2D eigenvalue weighted by Crippen LogP contribution is -2.52. The molecular formula is C30H35FN2O2S. The molecule has 0 aliphatic carbocycles. The van der Waals surface area contributed by atoms with E-state index < -0.39 is 6.04 Å². The maximum atomic E-state index is 14.6. The Hall–Kier alpha value is -3.12. The van der Waals surface area contributed by atoms with Gasteiger partial charge in [0, 0.05) is 42.5 Å². The summed E-state index contributed by atoms with van der Waals surface area (Å²) in [7, 11) is 0. The topological polar surface area (TPSA) is 49.4 Å². The van der Waals surface area contributed by atoms with Crippen molar-refractivity contribution in [2.45, 2.75) is 57.5 Å². The van der Waals surface area contributed by atoms with Crippen molar-refractivity contribution >= 4 is 23.6 Å². The molecule has 2 amide bonds. The molecule has 3 aromatic carbocycles. The van der Waals surface area contributed by atoms with Gasteiger partial charge in [-0.05, 0) is 30.5 Å². The van der Waals surface area contributed by atoms with E-state index in [-0.39, 0.29) is 36.6 Å². The predicted octanol–water partition coefficient (Wildman–Crippen LogP) is 6.00. The van der Waals surface area contributed by atoms with Crippen molar-refractivity contribution in [2.75, 3.05) is 5.75 Å². The van der Waals surface area contributed by atoms with Crippen molar-refractivity contribution in [3.63, 3.8) is 0 Å². The van der Waals surface area contributed by atoms with Gasteiger partial charge in [-0.2, -0.15) is 11.8 Å². The fraction of sp³-hybridized carbons (Fsp3) is 0.333. The second kappa shape index (κ2) is 14.4. The van der Waals surface area contributed by atoms with Crippen LogP contribution in [-0.4, -0.2) is 34.6 Å². The third-order valence-electron chi connectivity index (χ3n) is 6.14. The molecule has 3 aromatic rings. The zero-order chi connectivity index (χ0) is 25.8. The number of hydrogen-bond acceptors (Lipinski definition) is 3. The van der Waals surface area contributed by atoms with Crippen LogP contribution in [0.2, 0.25) is 0 Å². The molecule has 0 aromatic heterocycles. The predicted molar refractivity (Wildman–Crippen MR) is 146 cm³/mol. The van der Waals surface area contributed by atoms with E-state index in [1.165, 1.54) is 11.6 Å². The minimum Gasteiger partial charge on any atom is -0.352 e. The molecule has 190 valence electrons. The highest BCUT2D eigenvalue weighted by atomic mass is 32.2. The summed E-state index contributed by atoms with van der Waals surface area (Å²) in [5, 5.41) is 3.04. The molecule has 0 fully saturated rings. The fourth-order valence-corrected chi connectivity index (χ4v) is 4.76. The Labute approximate surface area is 218 Å². The molecule has 6 heteroatoms. The van der Waals surface area contributed by atoms with E-state index in [0.717, 1.165) is 17.7 Å². The van der Waals surface area contributed by atoms with Crippen LogP contribution in [0.4, 0.5) is 4.39 Å². The Morgan fingerprint density at radius 3 is 2.17 bits per heavy atom. The van der Waals surface area contributed by atoms with Crippen molar-refractivity contribution in [3.05, 3.63) is 107 Å². The van der Waals surface area contributed by atoms with Crippen LogP contribution in [0.15, 0.2) is 84.9 Å². The van der Waals surface area contributed by atoms with E-state index in [1.54, 1.807) is 34.9 Å². The Balaban J connectivity index is 1.81. The summed E-state index contributed by atoms with van der Waals surface area (Å²) in [6.07, 6.45) is 1.41. The number of halogens is 1. The summed E-state index contributed by atoms with van der Waals surface area (Å²) in [6, 6.07) is 25.4. The normalized spacial score (nSPS) is 12.5. The van der Waals surface area contributed by atoms with Gasteiger partial charge in [0.25, 0.3) is 0 Å². The summed E-state index contributed by atoms with van der Waals surface area (Å²) in [4.78, 5) is 28.6. The van der Waals surface area contributed by atoms with Crippen LogP contribution in [0.5, 0.6) is 0 Å². The molecule has 0 radical (unpaired) electrons. The van der Waals surface area contributed by atoms with E-state index in [0.29, 0.717) is 17.7 Å². The number of nitrogens with one attached hydrogen (secondary N) is 1. The number of amides is 2. The molecule has 0 heterocycles. The second-order valence-corrected chi connectivity index (χ2v) is 10.0. The number of carbonyl (C=O) groups is 2. The van der Waals surface area contributed by atoms with Crippen LogP contribution in [0.25, 0.3) is 0 Å². The fourth-order valence-electron chi connectivity index (χ4n) is 3.87. The number of carbonyl (C=O) groups excluding carboxylic acids is 2. The quantitative estimate of drug-likeness (QED) is 0.289. The molecule has 36 heavy (non-hydrogen) atoms. The zero-order valence-electron chi connectivity index (χ0n) is 21.0. The first-order valence-electron chi connectivity index (χ1n) is 12.5. The Morgan fingerprint density at radius 1 is 0.917 bits per heavy atom. The third kappa shape index (κ3) is 8.52. The molecule has 1 N–H and O–H groups in total. The largest absolute Gasteiger partial charge is 0.352 e. The Kier molecular flexibility index (Phi) is 11.0. The molecule has 3 rings (SSSR count). The van der Waals surface area contributed by atoms with Crippen LogP contribution >= 0.6 is 11.8 Å². The van der Waals surface area contributed by atoms with Gasteiger partial charge in [0.1, 0.15) is 11.9 Å². The van der Waals surface area contributed by atoms with E-state index in [9.17, 15) is 14.0 Å². The second-order valence-electron chi connectivity index (χ2n) is 8.92. The average Bonchev–Trinajstić information content (AvgIpc) is 2.90. The van der Waals surface area contributed by atoms with E-state index in [4.69, 9.17) is 0 Å². The molecule has 2 unspecified atom stereocenters. The van der Waals surface area contributed by atoms with Gasteiger partial charge in [0.15, 0.2) is 0 Å². The van der Waals surface area contributed by atoms with E-state index in [1.807, 2.05) is 62.4 Å². The van der Waals surface area contributed by atoms with Crippen molar-refractivity contribution < 1.29 is 14.0 Å². The van der Waals surface area contributed by atoms with Crippen LogP contribution in [0, 0.1) is 5.82 Å². The SMILES string of the molecule is CCC(C)NC(=O)C(Cc1ccccc1)N(Cc1ccccc1F)C(=O)CCSCc1ccccc1. The van der Waals surface area contributed by atoms with Gasteiger partial charge < -0.3 is 10.2 Å². The average molecular weight is 507 g/mol. The number of nitrogens with zero attached hydrogens (tertiary/aromatic N) is 1. The Morgan fingerprint density at radius 2 is 1.53 bits per heavy atom. The van der Waals surface area contributed by atoms with Gasteiger partial charge in [0.05, 0.1) is 0 Å². The lowest BCUT2D eigenvalue weighted by molar-refractivity contribution is -0.141. The molecule has 0 spiro atoms. The van der Waals surface area contributed by atoms with Crippen LogP contribution in [0.1, 0.15) is 43.4 Å². The maximum Gasteiger partial charge on any atom is 0.243 e. The summed E-state index contributed by atoms with van der Waals surface area (Å²) < 4.78 is 14.6. The molecule has 0 saturated carbocycles. The highest BCUT2D eigenvalue weighted by molar-refractivity contribution is 7.98. The number of benzene rings is 3. The van der Waals surface area contributed by atoms with Gasteiger partial charge in [-0.1, -0.05) is 85.8 Å². The lowest BCUT2D eigenvalue weighted by Gasteiger charge is -2.32. The molecule has 0 aliphatic heterocycles. The molecule has 0 saturated heterocycles. The molecular weight excluding hydrogens is 471 g/mol. The molecule has 0 aliphatic rings. The summed E-state index contributed by atoms with van der Waals surface area (Å²) >= 11 is 1.68.